The van der Waals surface area contributed by atoms with E-state index in [4.69, 9.17) is 38.4 Å². The van der Waals surface area contributed by atoms with Crippen molar-refractivity contribution in [3.05, 3.63) is 51.9 Å². The van der Waals surface area contributed by atoms with Gasteiger partial charge in [0, 0.05) is 12.3 Å². The minimum absolute atomic E-state index is 0.0220. The van der Waals surface area contributed by atoms with Crippen LogP contribution in [0.1, 0.15) is 11.1 Å². The fourth-order valence-electron chi connectivity index (χ4n) is 1.89. The average molecular weight is 356 g/mol. The van der Waals surface area contributed by atoms with Crippen LogP contribution in [0, 0.1) is 0 Å². The Hall–Kier alpha value is -1.89. The van der Waals surface area contributed by atoms with Crippen LogP contribution < -0.4 is 10.5 Å². The molecule has 0 spiro atoms. The van der Waals surface area contributed by atoms with Gasteiger partial charge in [0.05, 0.1) is 7.11 Å². The van der Waals surface area contributed by atoms with Crippen LogP contribution in [0.4, 0.5) is 0 Å². The number of aromatic nitrogens is 2. The van der Waals surface area contributed by atoms with E-state index in [9.17, 15) is 4.79 Å². The van der Waals surface area contributed by atoms with Crippen LogP contribution in [0.25, 0.3) is 0 Å². The van der Waals surface area contributed by atoms with Crippen molar-refractivity contribution in [2.45, 2.75) is 19.1 Å². The minimum atomic E-state index is -0.796. The van der Waals surface area contributed by atoms with Gasteiger partial charge in [-0.05, 0) is 35.7 Å². The fourth-order valence-corrected chi connectivity index (χ4v) is 2.39. The molecule has 0 saturated heterocycles. The zero-order valence-corrected chi connectivity index (χ0v) is 13.8. The first-order valence-electron chi connectivity index (χ1n) is 6.71. The largest absolute Gasteiger partial charge is 0.481 e. The first kappa shape index (κ1) is 17.5. The predicted molar refractivity (Wildman–Crippen MR) is 86.5 cm³/mol. The molecule has 0 aromatic carbocycles. The maximum atomic E-state index is 12.0. The topological polar surface area (TPSA) is 87.3 Å². The van der Waals surface area contributed by atoms with Crippen LogP contribution in [-0.2, 0) is 22.6 Å². The van der Waals surface area contributed by atoms with Crippen molar-refractivity contribution in [1.29, 1.82) is 0 Å². The van der Waals surface area contributed by atoms with Crippen molar-refractivity contribution in [2.75, 3.05) is 7.11 Å². The third-order valence-electron chi connectivity index (χ3n) is 2.97. The first-order valence-corrected chi connectivity index (χ1v) is 7.46. The van der Waals surface area contributed by atoms with E-state index in [-0.39, 0.29) is 16.9 Å². The number of halogens is 2. The second-order valence-corrected chi connectivity index (χ2v) is 5.52. The molecule has 0 amide bonds. The van der Waals surface area contributed by atoms with Crippen LogP contribution in [0.2, 0.25) is 10.3 Å². The number of methoxy groups -OCH3 is 1. The molecule has 0 radical (unpaired) electrons. The Kier molecular flexibility index (Phi) is 6.15. The molecule has 2 heterocycles. The van der Waals surface area contributed by atoms with E-state index in [1.54, 1.807) is 30.5 Å². The summed E-state index contributed by atoms with van der Waals surface area (Å²) in [5, 5.41) is 0.466. The molecule has 2 N–H and O–H groups in total. The molecule has 0 aliphatic carbocycles. The van der Waals surface area contributed by atoms with Crippen molar-refractivity contribution in [2.24, 2.45) is 5.73 Å². The summed E-state index contributed by atoms with van der Waals surface area (Å²) in [6.45, 7) is 0.0220. The molecule has 2 rings (SSSR count). The summed E-state index contributed by atoms with van der Waals surface area (Å²) in [4.78, 5) is 19.8. The van der Waals surface area contributed by atoms with E-state index in [0.717, 1.165) is 5.56 Å². The molecule has 8 heteroatoms. The Morgan fingerprint density at radius 2 is 1.96 bits per heavy atom. The second-order valence-electron chi connectivity index (χ2n) is 4.75. The van der Waals surface area contributed by atoms with E-state index in [1.165, 1.54) is 7.11 Å². The van der Waals surface area contributed by atoms with Crippen molar-refractivity contribution in [3.63, 3.8) is 0 Å². The number of hydrogen-bond donors (Lipinski definition) is 1. The van der Waals surface area contributed by atoms with Gasteiger partial charge in [0.25, 0.3) is 0 Å². The highest BCUT2D eigenvalue weighted by molar-refractivity contribution is 6.32. The molecular formula is C15H15Cl2N3O3. The van der Waals surface area contributed by atoms with Crippen LogP contribution >= 0.6 is 23.2 Å². The smallest absolute Gasteiger partial charge is 0.323 e. The monoisotopic (exact) mass is 355 g/mol. The molecule has 122 valence electrons. The minimum Gasteiger partial charge on any atom is -0.481 e. The molecule has 1 atom stereocenters. The van der Waals surface area contributed by atoms with E-state index >= 15 is 0 Å². The Balaban J connectivity index is 1.91. The SMILES string of the molecule is COc1cc(C[C@H](N)C(=O)OCc2cc(Cl)nc(Cl)c2)ccn1. The number of rotatable bonds is 6. The lowest BCUT2D eigenvalue weighted by Crippen LogP contribution is -2.34. The summed E-state index contributed by atoms with van der Waals surface area (Å²) in [6.07, 6.45) is 1.91. The maximum Gasteiger partial charge on any atom is 0.323 e. The summed E-state index contributed by atoms with van der Waals surface area (Å²) in [6, 6.07) is 5.82. The Labute approximate surface area is 143 Å². The quantitative estimate of drug-likeness (QED) is 0.632. The van der Waals surface area contributed by atoms with Crippen molar-refractivity contribution in [1.82, 2.24) is 9.97 Å². The number of carbonyl (C=O) groups excluding carboxylic acids is 1. The van der Waals surface area contributed by atoms with E-state index in [2.05, 4.69) is 9.97 Å². The van der Waals surface area contributed by atoms with Gasteiger partial charge in [-0.15, -0.1) is 0 Å². The molecule has 0 saturated carbocycles. The number of hydrogen-bond acceptors (Lipinski definition) is 6. The lowest BCUT2D eigenvalue weighted by atomic mass is 10.1. The predicted octanol–water partition coefficient (Wildman–Crippen LogP) is 2.41. The number of nitrogens with two attached hydrogens (primary N) is 1. The second kappa shape index (κ2) is 8.10. The molecule has 0 unspecified atom stereocenters. The highest BCUT2D eigenvalue weighted by atomic mass is 35.5. The molecule has 0 bridgehead atoms. The Bertz CT molecular complexity index is 677. The van der Waals surface area contributed by atoms with Gasteiger partial charge in [-0.2, -0.15) is 0 Å². The summed E-state index contributed by atoms with van der Waals surface area (Å²) in [5.41, 5.74) is 7.33. The van der Waals surface area contributed by atoms with Gasteiger partial charge in [0.1, 0.15) is 23.0 Å². The molecule has 2 aromatic heterocycles. The maximum absolute atomic E-state index is 12.0. The van der Waals surface area contributed by atoms with Crippen LogP contribution in [-0.4, -0.2) is 29.1 Å². The highest BCUT2D eigenvalue weighted by Gasteiger charge is 2.16. The number of ether oxygens (including phenoxy) is 2. The fraction of sp³-hybridized carbons (Fsp3) is 0.267. The third-order valence-corrected chi connectivity index (χ3v) is 3.36. The lowest BCUT2D eigenvalue weighted by Gasteiger charge is -2.12. The third kappa shape index (κ3) is 5.35. The zero-order chi connectivity index (χ0) is 16.8. The molecule has 0 aliphatic rings. The summed E-state index contributed by atoms with van der Waals surface area (Å²) in [7, 11) is 1.52. The van der Waals surface area contributed by atoms with Gasteiger partial charge in [0.2, 0.25) is 5.88 Å². The first-order chi connectivity index (χ1) is 11.0. The van der Waals surface area contributed by atoms with Crippen LogP contribution in [0.5, 0.6) is 5.88 Å². The van der Waals surface area contributed by atoms with E-state index in [0.29, 0.717) is 17.9 Å². The van der Waals surface area contributed by atoms with Gasteiger partial charge in [-0.1, -0.05) is 23.2 Å². The summed E-state index contributed by atoms with van der Waals surface area (Å²) in [5.74, 6) is -0.0611. The summed E-state index contributed by atoms with van der Waals surface area (Å²) < 4.78 is 10.2. The van der Waals surface area contributed by atoms with Crippen LogP contribution in [0.15, 0.2) is 30.5 Å². The molecule has 2 aromatic rings. The summed E-state index contributed by atoms with van der Waals surface area (Å²) >= 11 is 11.6. The zero-order valence-electron chi connectivity index (χ0n) is 12.3. The van der Waals surface area contributed by atoms with E-state index < -0.39 is 12.0 Å². The van der Waals surface area contributed by atoms with Crippen molar-refractivity contribution >= 4 is 29.2 Å². The molecule has 0 fully saturated rings. The highest BCUT2D eigenvalue weighted by Crippen LogP contribution is 2.16. The standard InChI is InChI=1S/C15H15Cl2N3O3/c1-22-14-7-9(2-3-19-14)4-11(18)15(21)23-8-10-5-12(16)20-13(17)6-10/h2-3,5-7,11H,4,8,18H2,1H3/t11-/m0/s1. The van der Waals surface area contributed by atoms with Gasteiger partial charge in [0.15, 0.2) is 0 Å². The van der Waals surface area contributed by atoms with Gasteiger partial charge in [-0.3, -0.25) is 4.79 Å². The Morgan fingerprint density at radius 3 is 2.61 bits per heavy atom. The number of pyridine rings is 2. The molecular weight excluding hydrogens is 341 g/mol. The van der Waals surface area contributed by atoms with Crippen molar-refractivity contribution < 1.29 is 14.3 Å². The normalized spacial score (nSPS) is 11.8. The van der Waals surface area contributed by atoms with E-state index in [1.807, 2.05) is 0 Å². The van der Waals surface area contributed by atoms with Crippen LogP contribution in [0.3, 0.4) is 0 Å². The molecule has 0 aliphatic heterocycles. The Morgan fingerprint density at radius 1 is 1.26 bits per heavy atom. The molecule has 23 heavy (non-hydrogen) atoms. The lowest BCUT2D eigenvalue weighted by molar-refractivity contribution is -0.146. The average Bonchev–Trinajstić information content (AvgIpc) is 2.51. The number of nitrogens with zero attached hydrogens (tertiary/aromatic N) is 2. The number of carbonyl (C=O) groups is 1. The van der Waals surface area contributed by atoms with Gasteiger partial charge in [-0.25, -0.2) is 9.97 Å². The molecule has 6 nitrogen and oxygen atoms in total. The number of esters is 1. The van der Waals surface area contributed by atoms with Gasteiger partial charge < -0.3 is 15.2 Å². The van der Waals surface area contributed by atoms with Gasteiger partial charge >= 0.3 is 5.97 Å². The van der Waals surface area contributed by atoms with Crippen molar-refractivity contribution in [3.8, 4) is 5.88 Å².